The number of amides is 1. The first-order valence-corrected chi connectivity index (χ1v) is 12.9. The van der Waals surface area contributed by atoms with Gasteiger partial charge in [-0.3, -0.25) is 14.5 Å². The number of nitrogens with zero attached hydrogens (tertiary/aromatic N) is 1. The van der Waals surface area contributed by atoms with Crippen LogP contribution in [0.25, 0.3) is 0 Å². The van der Waals surface area contributed by atoms with Crippen LogP contribution in [0.5, 0.6) is 0 Å². The molecule has 0 saturated heterocycles. The fourth-order valence-corrected chi connectivity index (χ4v) is 4.74. The van der Waals surface area contributed by atoms with E-state index in [1.165, 1.54) is 6.07 Å². The number of nitrogens with one attached hydrogen (secondary N) is 3. The van der Waals surface area contributed by atoms with Gasteiger partial charge >= 0.3 is 0 Å². The van der Waals surface area contributed by atoms with Crippen molar-refractivity contribution in [2.24, 2.45) is 10.9 Å². The molecular formula is C24H31ClN4O3S. The van der Waals surface area contributed by atoms with Crippen molar-refractivity contribution >= 4 is 56.5 Å². The van der Waals surface area contributed by atoms with E-state index in [0.29, 0.717) is 45.9 Å². The van der Waals surface area contributed by atoms with E-state index in [-0.39, 0.29) is 16.7 Å². The summed E-state index contributed by atoms with van der Waals surface area (Å²) in [5.74, 6) is -0.448. The van der Waals surface area contributed by atoms with E-state index in [9.17, 15) is 13.2 Å². The molecule has 1 atom stereocenters. The average molecular weight is 491 g/mol. The summed E-state index contributed by atoms with van der Waals surface area (Å²) in [6, 6.07) is 8.26. The van der Waals surface area contributed by atoms with Gasteiger partial charge in [0.15, 0.2) is 0 Å². The van der Waals surface area contributed by atoms with E-state index in [1.54, 1.807) is 51.3 Å². The molecule has 0 aliphatic rings. The van der Waals surface area contributed by atoms with Gasteiger partial charge in [-0.2, -0.15) is 0 Å². The van der Waals surface area contributed by atoms with Crippen molar-refractivity contribution < 1.29 is 13.2 Å². The first-order valence-electron chi connectivity index (χ1n) is 10.9. The largest absolute Gasteiger partial charge is 0.320 e. The summed E-state index contributed by atoms with van der Waals surface area (Å²) in [6.45, 7) is 9.18. The lowest BCUT2D eigenvalue weighted by molar-refractivity contribution is 0.102. The highest BCUT2D eigenvalue weighted by atomic mass is 35.5. The molecule has 1 amide bonds. The first-order chi connectivity index (χ1) is 15.6. The summed E-state index contributed by atoms with van der Waals surface area (Å²) in [5, 5.41) is 11.6. The zero-order valence-corrected chi connectivity index (χ0v) is 21.2. The topological polar surface area (TPSA) is 111 Å². The molecule has 0 aromatic heterocycles. The minimum Gasteiger partial charge on any atom is -0.320 e. The molecule has 0 bridgehead atoms. The number of carbonyl (C=O) groups is 1. The van der Waals surface area contributed by atoms with E-state index >= 15 is 0 Å². The summed E-state index contributed by atoms with van der Waals surface area (Å²) in [5.41, 5.74) is 2.88. The van der Waals surface area contributed by atoms with Gasteiger partial charge in [0, 0.05) is 17.5 Å². The normalized spacial score (nSPS) is 12.5. The van der Waals surface area contributed by atoms with Gasteiger partial charge in [-0.25, -0.2) is 8.42 Å². The highest BCUT2D eigenvalue weighted by Gasteiger charge is 2.21. The van der Waals surface area contributed by atoms with Gasteiger partial charge in [-0.05, 0) is 56.4 Å². The Hall–Kier alpha value is -2.71. The van der Waals surface area contributed by atoms with Crippen LogP contribution in [0.15, 0.2) is 35.3 Å². The summed E-state index contributed by atoms with van der Waals surface area (Å²) >= 11 is 6.35. The highest BCUT2D eigenvalue weighted by molar-refractivity contribution is 7.92. The molecule has 9 heteroatoms. The zero-order valence-electron chi connectivity index (χ0n) is 19.6. The Morgan fingerprint density at radius 3 is 2.48 bits per heavy atom. The van der Waals surface area contributed by atoms with E-state index in [2.05, 4.69) is 15.0 Å². The predicted octanol–water partition coefficient (Wildman–Crippen LogP) is 6.19. The molecule has 1 unspecified atom stereocenters. The number of hydrogen-bond acceptors (Lipinski definition) is 5. The van der Waals surface area contributed by atoms with Crippen LogP contribution in [0.3, 0.4) is 0 Å². The monoisotopic (exact) mass is 490 g/mol. The van der Waals surface area contributed by atoms with Crippen molar-refractivity contribution in [2.75, 3.05) is 15.8 Å². The Balaban J connectivity index is 2.49. The van der Waals surface area contributed by atoms with Crippen LogP contribution >= 0.6 is 11.6 Å². The van der Waals surface area contributed by atoms with Gasteiger partial charge in [-0.1, -0.05) is 44.5 Å². The Labute approximate surface area is 201 Å². The second-order valence-electron chi connectivity index (χ2n) is 7.78. The fourth-order valence-electron chi connectivity index (χ4n) is 3.29. The van der Waals surface area contributed by atoms with Gasteiger partial charge in [0.25, 0.3) is 5.91 Å². The molecule has 0 saturated carbocycles. The Kier molecular flexibility index (Phi) is 9.19. The Morgan fingerprint density at radius 2 is 1.88 bits per heavy atom. The molecule has 0 spiro atoms. The number of anilines is 2. The molecule has 0 radical (unpaired) electrons. The van der Waals surface area contributed by atoms with Crippen molar-refractivity contribution in [1.29, 1.82) is 5.41 Å². The van der Waals surface area contributed by atoms with Crippen LogP contribution in [-0.2, 0) is 10.0 Å². The number of sulfonamides is 1. The van der Waals surface area contributed by atoms with Crippen molar-refractivity contribution in [3.8, 4) is 0 Å². The predicted molar refractivity (Wildman–Crippen MR) is 138 cm³/mol. The third-order valence-corrected chi connectivity index (χ3v) is 7.12. The fraction of sp³-hybridized carbons (Fsp3) is 0.375. The van der Waals surface area contributed by atoms with Crippen molar-refractivity contribution in [3.63, 3.8) is 0 Å². The van der Waals surface area contributed by atoms with Crippen LogP contribution in [0.4, 0.5) is 17.1 Å². The van der Waals surface area contributed by atoms with Crippen LogP contribution < -0.4 is 10.0 Å². The Bertz CT molecular complexity index is 1180. The molecule has 0 aliphatic carbocycles. The highest BCUT2D eigenvalue weighted by Crippen LogP contribution is 2.34. The van der Waals surface area contributed by atoms with Crippen molar-refractivity contribution in [2.45, 2.75) is 47.5 Å². The lowest BCUT2D eigenvalue weighted by atomic mass is 9.93. The number of hydrogen-bond donors (Lipinski definition) is 3. The number of carbonyl (C=O) groups excluding carboxylic acids is 1. The number of para-hydroxylation sites is 1. The maximum Gasteiger partial charge on any atom is 0.257 e. The van der Waals surface area contributed by atoms with Gasteiger partial charge in [0.1, 0.15) is 0 Å². The molecule has 7 nitrogen and oxygen atoms in total. The van der Waals surface area contributed by atoms with Gasteiger partial charge in [0.05, 0.1) is 33.4 Å². The van der Waals surface area contributed by atoms with Crippen LogP contribution in [0.1, 0.15) is 62.0 Å². The lowest BCUT2D eigenvalue weighted by Gasteiger charge is -2.18. The molecule has 33 heavy (non-hydrogen) atoms. The second kappa shape index (κ2) is 11.4. The molecule has 0 fully saturated rings. The Morgan fingerprint density at radius 1 is 1.21 bits per heavy atom. The number of benzene rings is 2. The number of halogens is 1. The van der Waals surface area contributed by atoms with E-state index < -0.39 is 15.9 Å². The third kappa shape index (κ3) is 6.42. The quantitative estimate of drug-likeness (QED) is 0.345. The average Bonchev–Trinajstić information content (AvgIpc) is 2.77. The molecule has 3 N–H and O–H groups in total. The van der Waals surface area contributed by atoms with Crippen LogP contribution in [-0.4, -0.2) is 32.0 Å². The first kappa shape index (κ1) is 26.5. The number of rotatable bonds is 10. The van der Waals surface area contributed by atoms with E-state index in [0.717, 1.165) is 6.42 Å². The molecule has 2 rings (SSSR count). The van der Waals surface area contributed by atoms with Gasteiger partial charge < -0.3 is 10.7 Å². The summed E-state index contributed by atoms with van der Waals surface area (Å²) in [4.78, 5) is 17.7. The molecule has 2 aromatic carbocycles. The van der Waals surface area contributed by atoms with E-state index in [1.807, 2.05) is 13.8 Å². The molecule has 0 heterocycles. The SMILES string of the molecule is CC=Nc1c(C(=N)C(C)CC)cccc1C(=O)Nc1c(Cl)ccc(NS(=O)(=O)CCC)c1C. The maximum absolute atomic E-state index is 13.3. The standard InChI is InChI=1S/C24H31ClN4O3S/c1-6-14-33(31,32)29-20-13-12-19(25)22(16(20)5)28-24(30)18-11-9-10-17(23(18)27-8-3)21(26)15(4)7-2/h8-13,15,26,29H,6-7,14H2,1-5H3,(H,28,30). The smallest absolute Gasteiger partial charge is 0.257 e. The van der Waals surface area contributed by atoms with E-state index in [4.69, 9.17) is 17.0 Å². The molecular weight excluding hydrogens is 460 g/mol. The lowest BCUT2D eigenvalue weighted by Crippen LogP contribution is -2.19. The van der Waals surface area contributed by atoms with Crippen LogP contribution in [0, 0.1) is 18.3 Å². The third-order valence-electron chi connectivity index (χ3n) is 5.33. The van der Waals surface area contributed by atoms with Crippen molar-refractivity contribution in [3.05, 3.63) is 52.0 Å². The molecule has 2 aromatic rings. The summed E-state index contributed by atoms with van der Waals surface area (Å²) in [7, 11) is -3.51. The summed E-state index contributed by atoms with van der Waals surface area (Å²) in [6.07, 6.45) is 2.86. The van der Waals surface area contributed by atoms with Gasteiger partial charge in [-0.15, -0.1) is 0 Å². The van der Waals surface area contributed by atoms with Crippen molar-refractivity contribution in [1.82, 2.24) is 0 Å². The van der Waals surface area contributed by atoms with Crippen LogP contribution in [0.2, 0.25) is 5.02 Å². The summed E-state index contributed by atoms with van der Waals surface area (Å²) < 4.78 is 27.0. The van der Waals surface area contributed by atoms with Gasteiger partial charge in [0.2, 0.25) is 10.0 Å². The minimum atomic E-state index is -3.51. The molecule has 178 valence electrons. The number of aliphatic imine (C=N–C) groups is 1. The zero-order chi connectivity index (χ0) is 24.8. The molecule has 0 aliphatic heterocycles. The minimum absolute atomic E-state index is 0.00985. The second-order valence-corrected chi connectivity index (χ2v) is 10.0. The maximum atomic E-state index is 13.3.